The first-order chi connectivity index (χ1) is 11.5. The van der Waals surface area contributed by atoms with Crippen molar-refractivity contribution < 1.29 is 18.7 Å². The number of anilines is 1. The number of nitrogens with one attached hydrogen (secondary N) is 2. The van der Waals surface area contributed by atoms with Crippen molar-refractivity contribution in [1.82, 2.24) is 10.2 Å². The zero-order chi connectivity index (χ0) is 17.5. The molecule has 1 aliphatic heterocycles. The van der Waals surface area contributed by atoms with Crippen molar-refractivity contribution in [2.45, 2.75) is 32.4 Å². The lowest BCUT2D eigenvalue weighted by Crippen LogP contribution is -2.48. The van der Waals surface area contributed by atoms with Gasteiger partial charge in [-0.15, -0.1) is 0 Å². The van der Waals surface area contributed by atoms with Crippen molar-refractivity contribution in [3.8, 4) is 0 Å². The molecule has 0 aromatic heterocycles. The lowest BCUT2D eigenvalue weighted by atomic mass is 10.1. The van der Waals surface area contributed by atoms with Gasteiger partial charge in [0.2, 0.25) is 11.8 Å². The molecular weight excluding hydrogens is 313 g/mol. The van der Waals surface area contributed by atoms with E-state index in [-0.39, 0.29) is 36.3 Å². The largest absolute Gasteiger partial charge is 0.378 e. The van der Waals surface area contributed by atoms with Gasteiger partial charge in [-0.1, -0.05) is 0 Å². The second-order valence-corrected chi connectivity index (χ2v) is 6.10. The third-order valence-electron chi connectivity index (χ3n) is 3.81. The van der Waals surface area contributed by atoms with Crippen LogP contribution >= 0.6 is 0 Å². The van der Waals surface area contributed by atoms with Crippen LogP contribution in [0.25, 0.3) is 0 Å². The maximum Gasteiger partial charge on any atom is 0.244 e. The molecule has 0 radical (unpaired) electrons. The summed E-state index contributed by atoms with van der Waals surface area (Å²) in [6.07, 6.45) is 0.294. The monoisotopic (exact) mass is 337 g/mol. The summed E-state index contributed by atoms with van der Waals surface area (Å²) in [6, 6.07) is 5.40. The third-order valence-corrected chi connectivity index (χ3v) is 3.81. The molecular formula is C17H24FN3O3. The van der Waals surface area contributed by atoms with Crippen LogP contribution < -0.4 is 10.6 Å². The number of hydrogen-bond acceptors (Lipinski definition) is 4. The second-order valence-electron chi connectivity index (χ2n) is 6.10. The molecule has 7 heteroatoms. The summed E-state index contributed by atoms with van der Waals surface area (Å²) in [6.45, 7) is 5.58. The van der Waals surface area contributed by atoms with E-state index in [1.54, 1.807) is 0 Å². The van der Waals surface area contributed by atoms with Crippen LogP contribution in [0.1, 0.15) is 20.3 Å². The van der Waals surface area contributed by atoms with Crippen LogP contribution in [0.4, 0.5) is 10.1 Å². The van der Waals surface area contributed by atoms with E-state index in [0.29, 0.717) is 25.3 Å². The molecule has 1 aromatic rings. The van der Waals surface area contributed by atoms with E-state index in [1.807, 2.05) is 13.8 Å². The fourth-order valence-electron chi connectivity index (χ4n) is 2.53. The van der Waals surface area contributed by atoms with Gasteiger partial charge in [0.25, 0.3) is 0 Å². The number of benzene rings is 1. The van der Waals surface area contributed by atoms with E-state index in [9.17, 15) is 14.0 Å². The van der Waals surface area contributed by atoms with E-state index >= 15 is 0 Å². The van der Waals surface area contributed by atoms with Crippen molar-refractivity contribution in [2.24, 2.45) is 0 Å². The topological polar surface area (TPSA) is 70.7 Å². The number of hydrogen-bond donors (Lipinski definition) is 2. The van der Waals surface area contributed by atoms with Crippen LogP contribution in [0.2, 0.25) is 0 Å². The Morgan fingerprint density at radius 1 is 1.38 bits per heavy atom. The number of rotatable bonds is 6. The van der Waals surface area contributed by atoms with Crippen molar-refractivity contribution in [2.75, 3.05) is 31.6 Å². The fraction of sp³-hybridized carbons (Fsp3) is 0.529. The molecule has 0 aliphatic carbocycles. The Morgan fingerprint density at radius 3 is 2.67 bits per heavy atom. The van der Waals surface area contributed by atoms with Gasteiger partial charge in [0.05, 0.1) is 13.2 Å². The molecule has 132 valence electrons. The molecule has 1 saturated heterocycles. The first kappa shape index (κ1) is 18.4. The molecule has 0 bridgehead atoms. The second kappa shape index (κ2) is 8.75. The SMILES string of the molecule is CC(C)N(CC(=O)Nc1ccc(F)cc1)C(=O)CC1COCCN1. The molecule has 2 amide bonds. The number of ether oxygens (including phenoxy) is 1. The van der Waals surface area contributed by atoms with Crippen molar-refractivity contribution in [3.63, 3.8) is 0 Å². The van der Waals surface area contributed by atoms with Crippen LogP contribution in [0, 0.1) is 5.82 Å². The molecule has 6 nitrogen and oxygen atoms in total. The Bertz CT molecular complexity index is 557. The Kier molecular flexibility index (Phi) is 6.69. The predicted molar refractivity (Wildman–Crippen MR) is 89.1 cm³/mol. The maximum atomic E-state index is 12.9. The molecule has 2 rings (SSSR count). The third kappa shape index (κ3) is 5.58. The van der Waals surface area contributed by atoms with Crippen molar-refractivity contribution in [1.29, 1.82) is 0 Å². The van der Waals surface area contributed by atoms with Crippen LogP contribution in [-0.2, 0) is 14.3 Å². The molecule has 24 heavy (non-hydrogen) atoms. The van der Waals surface area contributed by atoms with Crippen LogP contribution in [0.5, 0.6) is 0 Å². The van der Waals surface area contributed by atoms with Gasteiger partial charge in [-0.3, -0.25) is 9.59 Å². The highest BCUT2D eigenvalue weighted by molar-refractivity contribution is 5.94. The molecule has 1 unspecified atom stereocenters. The lowest BCUT2D eigenvalue weighted by Gasteiger charge is -2.29. The predicted octanol–water partition coefficient (Wildman–Crippen LogP) is 1.38. The van der Waals surface area contributed by atoms with Crippen molar-refractivity contribution >= 4 is 17.5 Å². The minimum absolute atomic E-state index is 0.0207. The molecule has 1 atom stereocenters. The molecule has 2 N–H and O–H groups in total. The lowest BCUT2D eigenvalue weighted by molar-refractivity contribution is -0.137. The van der Waals surface area contributed by atoms with E-state index in [1.165, 1.54) is 29.2 Å². The molecule has 0 spiro atoms. The highest BCUT2D eigenvalue weighted by Gasteiger charge is 2.24. The highest BCUT2D eigenvalue weighted by atomic mass is 19.1. The molecule has 1 aromatic carbocycles. The molecule has 0 saturated carbocycles. The number of amides is 2. The van der Waals surface area contributed by atoms with Crippen LogP contribution in [-0.4, -0.2) is 55.1 Å². The quantitative estimate of drug-likeness (QED) is 0.823. The van der Waals surface area contributed by atoms with E-state index < -0.39 is 0 Å². The van der Waals surface area contributed by atoms with Crippen molar-refractivity contribution in [3.05, 3.63) is 30.1 Å². The molecule has 1 fully saturated rings. The number of carbonyl (C=O) groups excluding carboxylic acids is 2. The number of carbonyl (C=O) groups is 2. The summed E-state index contributed by atoms with van der Waals surface area (Å²) in [4.78, 5) is 26.2. The Morgan fingerprint density at radius 2 is 2.08 bits per heavy atom. The van der Waals surface area contributed by atoms with E-state index in [4.69, 9.17) is 4.74 Å². The summed E-state index contributed by atoms with van der Waals surface area (Å²) in [5.74, 6) is -0.770. The summed E-state index contributed by atoms with van der Waals surface area (Å²) in [5.41, 5.74) is 0.500. The fourth-order valence-corrected chi connectivity index (χ4v) is 2.53. The minimum Gasteiger partial charge on any atom is -0.378 e. The Balaban J connectivity index is 1.90. The van der Waals surface area contributed by atoms with E-state index in [0.717, 1.165) is 6.54 Å². The minimum atomic E-state index is -0.366. The Hall–Kier alpha value is -1.99. The number of morpholine rings is 1. The average Bonchev–Trinajstić information content (AvgIpc) is 2.55. The summed E-state index contributed by atoms with van der Waals surface area (Å²) in [7, 11) is 0. The normalized spacial score (nSPS) is 17.6. The zero-order valence-electron chi connectivity index (χ0n) is 14.0. The van der Waals surface area contributed by atoms with Gasteiger partial charge in [-0.2, -0.15) is 0 Å². The van der Waals surface area contributed by atoms with Gasteiger partial charge in [0.15, 0.2) is 0 Å². The molecule has 1 aliphatic rings. The number of halogens is 1. The first-order valence-electron chi connectivity index (χ1n) is 8.11. The van der Waals surface area contributed by atoms with Gasteiger partial charge in [0.1, 0.15) is 12.4 Å². The zero-order valence-corrected chi connectivity index (χ0v) is 14.0. The first-order valence-corrected chi connectivity index (χ1v) is 8.11. The number of nitrogens with zero attached hydrogens (tertiary/aromatic N) is 1. The highest BCUT2D eigenvalue weighted by Crippen LogP contribution is 2.10. The maximum absolute atomic E-state index is 12.9. The average molecular weight is 337 g/mol. The van der Waals surface area contributed by atoms with E-state index in [2.05, 4.69) is 10.6 Å². The summed E-state index contributed by atoms with van der Waals surface area (Å²) in [5, 5.41) is 5.91. The van der Waals surface area contributed by atoms with Gasteiger partial charge in [-0.05, 0) is 38.1 Å². The van der Waals surface area contributed by atoms with Crippen LogP contribution in [0.3, 0.4) is 0 Å². The van der Waals surface area contributed by atoms with Gasteiger partial charge < -0.3 is 20.3 Å². The van der Waals surface area contributed by atoms with Crippen LogP contribution in [0.15, 0.2) is 24.3 Å². The summed E-state index contributed by atoms with van der Waals surface area (Å²) < 4.78 is 18.2. The molecule has 1 heterocycles. The Labute approximate surface area is 141 Å². The standard InChI is InChI=1S/C17H24FN3O3/c1-12(2)21(17(23)9-15-11-24-8-7-19-15)10-16(22)20-14-5-3-13(18)4-6-14/h3-6,12,15,19H,7-11H2,1-2H3,(H,20,22). The van der Waals surface area contributed by atoms with Gasteiger partial charge in [0, 0.05) is 30.7 Å². The smallest absolute Gasteiger partial charge is 0.244 e. The van der Waals surface area contributed by atoms with Gasteiger partial charge in [-0.25, -0.2) is 4.39 Å². The van der Waals surface area contributed by atoms with Gasteiger partial charge >= 0.3 is 0 Å². The summed E-state index contributed by atoms with van der Waals surface area (Å²) >= 11 is 0.